The largest absolute Gasteiger partial charge is 0.351 e. The van der Waals surface area contributed by atoms with E-state index in [2.05, 4.69) is 5.32 Å². The minimum Gasteiger partial charge on any atom is -0.351 e. The smallest absolute Gasteiger partial charge is 0.251 e. The number of carbonyl (C=O) groups is 1. The maximum absolute atomic E-state index is 12.2. The summed E-state index contributed by atoms with van der Waals surface area (Å²) in [4.78, 5) is 12.2. The van der Waals surface area contributed by atoms with Crippen molar-refractivity contribution in [3.8, 4) is 0 Å². The molecule has 0 unspecified atom stereocenters. The van der Waals surface area contributed by atoms with E-state index in [1.165, 1.54) is 10.6 Å². The number of aryl methyl sites for hydroxylation is 1. The molecule has 0 fully saturated rings. The molecule has 0 aromatic heterocycles. The normalized spacial score (nSPS) is 11.5. The topological polar surface area (TPSA) is 66.5 Å². The van der Waals surface area contributed by atoms with E-state index in [1.807, 2.05) is 37.3 Å². The lowest BCUT2D eigenvalue weighted by Crippen LogP contribution is -2.39. The molecule has 2 rings (SSSR count). The Morgan fingerprint density at radius 1 is 1.12 bits per heavy atom. The summed E-state index contributed by atoms with van der Waals surface area (Å²) in [6.07, 6.45) is 1.73. The van der Waals surface area contributed by atoms with Crippen LogP contribution in [0, 0.1) is 6.92 Å². The number of amides is 1. The molecule has 1 amide bonds. The molecule has 2 aromatic rings. The molecule has 5 nitrogen and oxygen atoms in total. The van der Waals surface area contributed by atoms with Gasteiger partial charge in [0.25, 0.3) is 5.91 Å². The zero-order chi connectivity index (χ0) is 19.2. The third kappa shape index (κ3) is 6.12. The molecule has 0 aliphatic carbocycles. The Kier molecular flexibility index (Phi) is 7.20. The quantitative estimate of drug-likeness (QED) is 0.748. The Labute approximate surface area is 160 Å². The summed E-state index contributed by atoms with van der Waals surface area (Å²) in [7, 11) is -3.37. The van der Waals surface area contributed by atoms with Crippen molar-refractivity contribution in [1.82, 2.24) is 9.62 Å². The van der Waals surface area contributed by atoms with E-state index in [9.17, 15) is 13.2 Å². The van der Waals surface area contributed by atoms with Crippen LogP contribution in [0.25, 0.3) is 0 Å². The van der Waals surface area contributed by atoms with Crippen molar-refractivity contribution in [2.24, 2.45) is 0 Å². The van der Waals surface area contributed by atoms with E-state index in [1.54, 1.807) is 18.2 Å². The van der Waals surface area contributed by atoms with Gasteiger partial charge in [0.2, 0.25) is 10.0 Å². The van der Waals surface area contributed by atoms with Crippen LogP contribution in [0.15, 0.2) is 48.5 Å². The Morgan fingerprint density at radius 3 is 2.50 bits per heavy atom. The molecule has 2 aromatic carbocycles. The molecule has 0 heterocycles. The fraction of sp³-hybridized carbons (Fsp3) is 0.316. The molecule has 0 aliphatic heterocycles. The van der Waals surface area contributed by atoms with Crippen LogP contribution in [0.4, 0.5) is 0 Å². The first kappa shape index (κ1) is 20.4. The predicted octanol–water partition coefficient (Wildman–Crippen LogP) is 2.88. The predicted molar refractivity (Wildman–Crippen MR) is 105 cm³/mol. The maximum Gasteiger partial charge on any atom is 0.251 e. The van der Waals surface area contributed by atoms with Crippen LogP contribution < -0.4 is 5.32 Å². The number of nitrogens with one attached hydrogen (secondary N) is 1. The fourth-order valence-electron chi connectivity index (χ4n) is 2.61. The zero-order valence-electron chi connectivity index (χ0n) is 14.9. The highest BCUT2D eigenvalue weighted by molar-refractivity contribution is 7.88. The summed E-state index contributed by atoms with van der Waals surface area (Å²) < 4.78 is 25.4. The second kappa shape index (κ2) is 9.16. The molecule has 0 atom stereocenters. The standard InChI is InChI=1S/C19H23ClN2O3S/c1-15-6-3-4-9-18(15)19(23)21-11-13-22(26(2,24)25)12-10-16-7-5-8-17(20)14-16/h3-9,14H,10-13H2,1-2H3,(H,21,23). The Morgan fingerprint density at radius 2 is 1.85 bits per heavy atom. The van der Waals surface area contributed by atoms with Crippen LogP contribution in [0.1, 0.15) is 21.5 Å². The van der Waals surface area contributed by atoms with Crippen molar-refractivity contribution in [2.45, 2.75) is 13.3 Å². The highest BCUT2D eigenvalue weighted by Gasteiger charge is 2.17. The van der Waals surface area contributed by atoms with Crippen LogP contribution in [0.3, 0.4) is 0 Å². The van der Waals surface area contributed by atoms with Gasteiger partial charge in [0, 0.05) is 30.2 Å². The number of hydrogen-bond acceptors (Lipinski definition) is 3. The number of sulfonamides is 1. The van der Waals surface area contributed by atoms with Crippen molar-refractivity contribution < 1.29 is 13.2 Å². The molecule has 0 saturated heterocycles. The van der Waals surface area contributed by atoms with Gasteiger partial charge >= 0.3 is 0 Å². The number of benzene rings is 2. The minimum absolute atomic E-state index is 0.202. The van der Waals surface area contributed by atoms with Gasteiger partial charge in [-0.15, -0.1) is 0 Å². The van der Waals surface area contributed by atoms with Gasteiger partial charge in [0.1, 0.15) is 0 Å². The summed E-state index contributed by atoms with van der Waals surface area (Å²) in [5.41, 5.74) is 2.44. The van der Waals surface area contributed by atoms with Gasteiger partial charge in [0.05, 0.1) is 6.26 Å². The number of hydrogen-bond donors (Lipinski definition) is 1. The molecule has 140 valence electrons. The Balaban J connectivity index is 1.92. The Hall–Kier alpha value is -1.89. The Bertz CT molecular complexity index is 869. The summed E-state index contributed by atoms with van der Waals surface area (Å²) in [5, 5.41) is 3.41. The lowest BCUT2D eigenvalue weighted by molar-refractivity contribution is 0.0951. The molecule has 0 aliphatic rings. The number of nitrogens with zero attached hydrogens (tertiary/aromatic N) is 1. The highest BCUT2D eigenvalue weighted by Crippen LogP contribution is 2.12. The van der Waals surface area contributed by atoms with E-state index in [-0.39, 0.29) is 19.0 Å². The number of carbonyl (C=O) groups excluding carboxylic acids is 1. The molecule has 0 radical (unpaired) electrons. The number of halogens is 1. The lowest BCUT2D eigenvalue weighted by atomic mass is 10.1. The summed E-state index contributed by atoms with van der Waals surface area (Å²) in [5.74, 6) is -0.202. The van der Waals surface area contributed by atoms with Crippen molar-refractivity contribution in [2.75, 3.05) is 25.9 Å². The third-order valence-corrected chi connectivity index (χ3v) is 5.58. The molecule has 26 heavy (non-hydrogen) atoms. The van der Waals surface area contributed by atoms with Gasteiger partial charge in [0.15, 0.2) is 0 Å². The van der Waals surface area contributed by atoms with Crippen LogP contribution in [-0.2, 0) is 16.4 Å². The van der Waals surface area contributed by atoms with Gasteiger partial charge < -0.3 is 5.32 Å². The van der Waals surface area contributed by atoms with E-state index >= 15 is 0 Å². The average molecular weight is 395 g/mol. The van der Waals surface area contributed by atoms with Crippen molar-refractivity contribution in [3.05, 3.63) is 70.2 Å². The summed E-state index contributed by atoms with van der Waals surface area (Å²) >= 11 is 5.96. The van der Waals surface area contributed by atoms with Crippen molar-refractivity contribution in [1.29, 1.82) is 0 Å². The van der Waals surface area contributed by atoms with E-state index in [0.29, 0.717) is 23.6 Å². The van der Waals surface area contributed by atoms with E-state index in [0.717, 1.165) is 11.1 Å². The van der Waals surface area contributed by atoms with Crippen molar-refractivity contribution >= 4 is 27.5 Å². The van der Waals surface area contributed by atoms with Gasteiger partial charge in [-0.2, -0.15) is 0 Å². The summed E-state index contributed by atoms with van der Waals surface area (Å²) in [6.45, 7) is 2.66. The lowest BCUT2D eigenvalue weighted by Gasteiger charge is -2.20. The van der Waals surface area contributed by atoms with Crippen LogP contribution in [0.5, 0.6) is 0 Å². The molecular formula is C19H23ClN2O3S. The molecular weight excluding hydrogens is 372 g/mol. The molecule has 7 heteroatoms. The van der Waals surface area contributed by atoms with E-state index in [4.69, 9.17) is 11.6 Å². The minimum atomic E-state index is -3.37. The van der Waals surface area contributed by atoms with E-state index < -0.39 is 10.0 Å². The van der Waals surface area contributed by atoms with Gasteiger partial charge in [-0.3, -0.25) is 4.79 Å². The first-order valence-corrected chi connectivity index (χ1v) is 10.5. The zero-order valence-corrected chi connectivity index (χ0v) is 16.5. The van der Waals surface area contributed by atoms with Crippen LogP contribution >= 0.6 is 11.6 Å². The first-order valence-electron chi connectivity index (χ1n) is 8.31. The first-order chi connectivity index (χ1) is 12.3. The second-order valence-electron chi connectivity index (χ2n) is 6.11. The molecule has 0 spiro atoms. The van der Waals surface area contributed by atoms with Gasteiger partial charge in [-0.1, -0.05) is 41.9 Å². The van der Waals surface area contributed by atoms with Crippen LogP contribution in [0.2, 0.25) is 5.02 Å². The SMILES string of the molecule is Cc1ccccc1C(=O)NCCN(CCc1cccc(Cl)c1)S(C)(=O)=O. The molecule has 0 saturated carbocycles. The average Bonchev–Trinajstić information content (AvgIpc) is 2.57. The molecule has 0 bridgehead atoms. The van der Waals surface area contributed by atoms with Crippen LogP contribution in [-0.4, -0.2) is 44.5 Å². The van der Waals surface area contributed by atoms with Gasteiger partial charge in [-0.05, 0) is 42.7 Å². The molecule has 1 N–H and O–H groups in total. The second-order valence-corrected chi connectivity index (χ2v) is 8.53. The summed E-state index contributed by atoms with van der Waals surface area (Å²) in [6, 6.07) is 14.6. The van der Waals surface area contributed by atoms with Gasteiger partial charge in [-0.25, -0.2) is 12.7 Å². The number of rotatable bonds is 8. The maximum atomic E-state index is 12.2. The van der Waals surface area contributed by atoms with Crippen molar-refractivity contribution in [3.63, 3.8) is 0 Å². The monoisotopic (exact) mass is 394 g/mol. The fourth-order valence-corrected chi connectivity index (χ4v) is 3.67. The third-order valence-electron chi connectivity index (χ3n) is 4.04. The highest BCUT2D eigenvalue weighted by atomic mass is 35.5.